The Morgan fingerprint density at radius 1 is 1.32 bits per heavy atom. The van der Waals surface area contributed by atoms with Crippen LogP contribution in [0.2, 0.25) is 0 Å². The van der Waals surface area contributed by atoms with Crippen molar-refractivity contribution in [1.82, 2.24) is 4.98 Å². The van der Waals surface area contributed by atoms with E-state index in [-0.39, 0.29) is 11.3 Å². The number of thioether (sulfide) groups is 1. The zero-order valence-corrected chi connectivity index (χ0v) is 11.7. The van der Waals surface area contributed by atoms with Crippen LogP contribution in [0.5, 0.6) is 0 Å². The topological polar surface area (TPSA) is 24.9 Å². The predicted octanol–water partition coefficient (Wildman–Crippen LogP) is 4.22. The molecular formula is C12H11F3N2S2. The van der Waals surface area contributed by atoms with Gasteiger partial charge in [-0.05, 0) is 12.1 Å². The van der Waals surface area contributed by atoms with Crippen LogP contribution in [0.1, 0.15) is 11.3 Å². The van der Waals surface area contributed by atoms with Crippen LogP contribution >= 0.6 is 23.1 Å². The lowest BCUT2D eigenvalue weighted by Gasteiger charge is -2.03. The van der Waals surface area contributed by atoms with E-state index < -0.39 is 18.3 Å². The molecule has 19 heavy (non-hydrogen) atoms. The summed E-state index contributed by atoms with van der Waals surface area (Å²) in [5.74, 6) is -1.07. The highest BCUT2D eigenvalue weighted by Crippen LogP contribution is 2.35. The first-order valence-corrected chi connectivity index (χ1v) is 7.25. The van der Waals surface area contributed by atoms with Gasteiger partial charge in [0.15, 0.2) is 5.13 Å². The lowest BCUT2D eigenvalue weighted by Crippen LogP contribution is -1.93. The molecule has 1 heterocycles. The fourth-order valence-corrected chi connectivity index (χ4v) is 3.57. The van der Waals surface area contributed by atoms with E-state index in [0.29, 0.717) is 15.0 Å². The predicted molar refractivity (Wildman–Crippen MR) is 72.4 cm³/mol. The summed E-state index contributed by atoms with van der Waals surface area (Å²) in [6, 6.07) is 3.74. The van der Waals surface area contributed by atoms with Gasteiger partial charge < -0.3 is 5.32 Å². The van der Waals surface area contributed by atoms with Crippen LogP contribution in [0.3, 0.4) is 0 Å². The molecule has 2 rings (SSSR count). The molecule has 0 spiro atoms. The Labute approximate surface area is 117 Å². The molecule has 0 unspecified atom stereocenters. The zero-order valence-electron chi connectivity index (χ0n) is 10.0. The molecule has 0 aliphatic carbocycles. The standard InChI is InChI=1S/C12H11F3N2S2/c1-16-12-17-10(5-13)11(19-12)18-6-7-8(14)3-2-4-9(7)15/h2-4H,5-6H2,1H3,(H,16,17). The number of benzene rings is 1. The SMILES string of the molecule is CNc1nc(CF)c(SCc2c(F)cccc2F)s1. The molecule has 7 heteroatoms. The molecule has 0 fully saturated rings. The fourth-order valence-electron chi connectivity index (χ4n) is 1.45. The largest absolute Gasteiger partial charge is 0.365 e. The van der Waals surface area contributed by atoms with Crippen molar-refractivity contribution >= 4 is 28.2 Å². The van der Waals surface area contributed by atoms with Gasteiger partial charge in [0.25, 0.3) is 0 Å². The van der Waals surface area contributed by atoms with Crippen molar-refractivity contribution < 1.29 is 13.2 Å². The van der Waals surface area contributed by atoms with Crippen LogP contribution < -0.4 is 5.32 Å². The summed E-state index contributed by atoms with van der Waals surface area (Å²) in [4.78, 5) is 4.03. The Bertz CT molecular complexity index is 552. The number of aromatic nitrogens is 1. The molecule has 2 aromatic rings. The Morgan fingerprint density at radius 3 is 2.58 bits per heavy atom. The van der Waals surface area contributed by atoms with Crippen LogP contribution in [-0.2, 0) is 12.4 Å². The van der Waals surface area contributed by atoms with Gasteiger partial charge in [-0.15, -0.1) is 11.8 Å². The lowest BCUT2D eigenvalue weighted by atomic mass is 10.2. The Kier molecular flexibility index (Phi) is 4.71. The van der Waals surface area contributed by atoms with Crippen molar-refractivity contribution in [1.29, 1.82) is 0 Å². The van der Waals surface area contributed by atoms with Gasteiger partial charge in [0, 0.05) is 18.4 Å². The van der Waals surface area contributed by atoms with E-state index in [1.54, 1.807) is 7.05 Å². The number of nitrogens with zero attached hydrogens (tertiary/aromatic N) is 1. The molecule has 1 aromatic heterocycles. The molecule has 0 aliphatic rings. The minimum Gasteiger partial charge on any atom is -0.365 e. The number of rotatable bonds is 5. The molecule has 0 saturated heterocycles. The van der Waals surface area contributed by atoms with E-state index in [4.69, 9.17) is 0 Å². The van der Waals surface area contributed by atoms with E-state index in [2.05, 4.69) is 10.3 Å². The number of halogens is 3. The van der Waals surface area contributed by atoms with E-state index >= 15 is 0 Å². The average Bonchev–Trinajstić information content (AvgIpc) is 2.80. The first-order valence-electron chi connectivity index (χ1n) is 5.44. The molecule has 0 radical (unpaired) electrons. The van der Waals surface area contributed by atoms with Gasteiger partial charge in [-0.2, -0.15) is 0 Å². The van der Waals surface area contributed by atoms with Crippen LogP contribution in [0.25, 0.3) is 0 Å². The van der Waals surface area contributed by atoms with Crippen LogP contribution in [0.15, 0.2) is 22.4 Å². The van der Waals surface area contributed by atoms with Crippen LogP contribution in [0.4, 0.5) is 18.3 Å². The Balaban J connectivity index is 2.16. The summed E-state index contributed by atoms with van der Waals surface area (Å²) < 4.78 is 40.3. The first kappa shape index (κ1) is 14.2. The van der Waals surface area contributed by atoms with Crippen LogP contribution in [-0.4, -0.2) is 12.0 Å². The van der Waals surface area contributed by atoms with E-state index in [0.717, 1.165) is 0 Å². The van der Waals surface area contributed by atoms with Gasteiger partial charge in [-0.25, -0.2) is 18.2 Å². The van der Waals surface area contributed by atoms with Gasteiger partial charge in [0.2, 0.25) is 0 Å². The number of hydrogen-bond acceptors (Lipinski definition) is 4. The molecule has 2 nitrogen and oxygen atoms in total. The molecule has 1 aromatic carbocycles. The van der Waals surface area contributed by atoms with Gasteiger partial charge in [0.1, 0.15) is 18.3 Å². The zero-order chi connectivity index (χ0) is 13.8. The minimum absolute atomic E-state index is 0.00304. The second-order valence-electron chi connectivity index (χ2n) is 3.63. The van der Waals surface area contributed by atoms with Crippen molar-refractivity contribution in [3.8, 4) is 0 Å². The van der Waals surface area contributed by atoms with Gasteiger partial charge in [-0.3, -0.25) is 0 Å². The summed E-state index contributed by atoms with van der Waals surface area (Å²) in [5, 5.41) is 3.41. The minimum atomic E-state index is -0.694. The highest BCUT2D eigenvalue weighted by atomic mass is 32.2. The van der Waals surface area contributed by atoms with Gasteiger partial charge >= 0.3 is 0 Å². The maximum absolute atomic E-state index is 13.5. The number of alkyl halides is 1. The van der Waals surface area contributed by atoms with Crippen molar-refractivity contribution in [2.45, 2.75) is 16.6 Å². The van der Waals surface area contributed by atoms with E-state index in [1.807, 2.05) is 0 Å². The summed E-state index contributed by atoms with van der Waals surface area (Å²) in [7, 11) is 1.69. The molecule has 0 saturated carbocycles. The average molecular weight is 304 g/mol. The molecular weight excluding hydrogens is 293 g/mol. The van der Waals surface area contributed by atoms with Crippen molar-refractivity contribution in [3.63, 3.8) is 0 Å². The lowest BCUT2D eigenvalue weighted by molar-refractivity contribution is 0.473. The molecule has 0 atom stereocenters. The second-order valence-corrected chi connectivity index (χ2v) is 5.87. The number of hydrogen-bond donors (Lipinski definition) is 1. The molecule has 102 valence electrons. The number of anilines is 1. The van der Waals surface area contributed by atoms with E-state index in [9.17, 15) is 13.2 Å². The highest BCUT2D eigenvalue weighted by Gasteiger charge is 2.14. The Hall–Kier alpha value is -1.21. The number of nitrogens with one attached hydrogen (secondary N) is 1. The third kappa shape index (κ3) is 3.22. The van der Waals surface area contributed by atoms with Crippen molar-refractivity contribution in [3.05, 3.63) is 41.1 Å². The highest BCUT2D eigenvalue weighted by molar-refractivity contribution is 8.00. The summed E-state index contributed by atoms with van der Waals surface area (Å²) in [5.41, 5.74) is 0.299. The van der Waals surface area contributed by atoms with Gasteiger partial charge in [-0.1, -0.05) is 17.4 Å². The summed E-state index contributed by atoms with van der Waals surface area (Å²) >= 11 is 2.46. The molecule has 1 N–H and O–H groups in total. The molecule has 0 aliphatic heterocycles. The summed E-state index contributed by atoms with van der Waals surface area (Å²) in [6.45, 7) is -0.694. The Morgan fingerprint density at radius 2 is 2.00 bits per heavy atom. The van der Waals surface area contributed by atoms with E-state index in [1.165, 1.54) is 41.3 Å². The first-order chi connectivity index (χ1) is 9.15. The second kappa shape index (κ2) is 6.29. The smallest absolute Gasteiger partial charge is 0.183 e. The van der Waals surface area contributed by atoms with Crippen molar-refractivity contribution in [2.24, 2.45) is 0 Å². The molecule has 0 amide bonds. The number of thiazole rings is 1. The maximum Gasteiger partial charge on any atom is 0.183 e. The normalized spacial score (nSPS) is 10.7. The summed E-state index contributed by atoms with van der Waals surface area (Å²) in [6.07, 6.45) is 0. The maximum atomic E-state index is 13.5. The third-order valence-electron chi connectivity index (χ3n) is 2.41. The monoisotopic (exact) mass is 304 g/mol. The van der Waals surface area contributed by atoms with Gasteiger partial charge in [0.05, 0.1) is 9.90 Å². The van der Waals surface area contributed by atoms with Crippen molar-refractivity contribution in [2.75, 3.05) is 12.4 Å². The fraction of sp³-hybridized carbons (Fsp3) is 0.250. The molecule has 0 bridgehead atoms. The third-order valence-corrected chi connectivity index (χ3v) is 4.86. The van der Waals surface area contributed by atoms with Crippen LogP contribution in [0, 0.1) is 11.6 Å². The quantitative estimate of drug-likeness (QED) is 0.837.